The third kappa shape index (κ3) is 3.44. The quantitative estimate of drug-likeness (QED) is 0.784. The van der Waals surface area contributed by atoms with Crippen molar-refractivity contribution in [3.63, 3.8) is 0 Å². The van der Waals surface area contributed by atoms with E-state index in [1.807, 2.05) is 24.3 Å². The van der Waals surface area contributed by atoms with Crippen molar-refractivity contribution in [3.8, 4) is 0 Å². The number of nitrogens with one attached hydrogen (secondary N) is 2. The van der Waals surface area contributed by atoms with Gasteiger partial charge in [0.15, 0.2) is 0 Å². The summed E-state index contributed by atoms with van der Waals surface area (Å²) in [6.07, 6.45) is 1.40. The van der Waals surface area contributed by atoms with Crippen LogP contribution in [0.3, 0.4) is 0 Å². The Balaban J connectivity index is 1.62. The number of amides is 2. The highest BCUT2D eigenvalue weighted by Gasteiger charge is 2.36. The van der Waals surface area contributed by atoms with E-state index >= 15 is 0 Å². The van der Waals surface area contributed by atoms with Gasteiger partial charge in [0.2, 0.25) is 0 Å². The average molecular weight is 351 g/mol. The topological polar surface area (TPSA) is 61.4 Å². The molecule has 0 saturated heterocycles. The van der Waals surface area contributed by atoms with Gasteiger partial charge in [0.1, 0.15) is 5.60 Å². The zero-order valence-electron chi connectivity index (χ0n) is 12.3. The number of hydrogen-bond acceptors (Lipinski definition) is 2. The summed E-state index contributed by atoms with van der Waals surface area (Å²) < 4.78 is 0. The smallest absolute Gasteiger partial charge is 0.319 e. The van der Waals surface area contributed by atoms with E-state index in [-0.39, 0.29) is 6.54 Å². The molecule has 1 atom stereocenters. The van der Waals surface area contributed by atoms with Crippen molar-refractivity contribution in [2.45, 2.75) is 18.4 Å². The summed E-state index contributed by atoms with van der Waals surface area (Å²) >= 11 is 11.7. The largest absolute Gasteiger partial charge is 0.383 e. The molecule has 4 nitrogen and oxygen atoms in total. The number of carbonyl (C=O) groups excluding carboxylic acids is 1. The number of hydrogen-bond donors (Lipinski definition) is 3. The van der Waals surface area contributed by atoms with Gasteiger partial charge in [-0.25, -0.2) is 4.79 Å². The number of benzene rings is 2. The van der Waals surface area contributed by atoms with Crippen LogP contribution in [0.25, 0.3) is 0 Å². The molecule has 0 heterocycles. The second kappa shape index (κ2) is 6.40. The van der Waals surface area contributed by atoms with Gasteiger partial charge in [-0.15, -0.1) is 0 Å². The molecule has 0 saturated carbocycles. The number of urea groups is 1. The van der Waals surface area contributed by atoms with Crippen LogP contribution in [0.15, 0.2) is 42.5 Å². The van der Waals surface area contributed by atoms with Crippen LogP contribution in [0.2, 0.25) is 10.0 Å². The van der Waals surface area contributed by atoms with E-state index < -0.39 is 11.6 Å². The van der Waals surface area contributed by atoms with Crippen molar-refractivity contribution in [3.05, 3.63) is 63.6 Å². The summed E-state index contributed by atoms with van der Waals surface area (Å²) in [5.74, 6) is 0. The van der Waals surface area contributed by atoms with E-state index in [1.165, 1.54) is 0 Å². The average Bonchev–Trinajstić information content (AvgIpc) is 2.88. The third-order valence-corrected chi connectivity index (χ3v) is 4.78. The molecular weight excluding hydrogens is 335 g/mol. The maximum atomic E-state index is 12.0. The van der Waals surface area contributed by atoms with Gasteiger partial charge in [0.25, 0.3) is 0 Å². The first-order valence-corrected chi connectivity index (χ1v) is 8.04. The lowest BCUT2D eigenvalue weighted by Crippen LogP contribution is -2.41. The number of rotatable bonds is 3. The Bertz CT molecular complexity index is 751. The van der Waals surface area contributed by atoms with Gasteiger partial charge in [0.05, 0.1) is 16.6 Å². The first-order chi connectivity index (χ1) is 11.0. The third-order valence-electron chi connectivity index (χ3n) is 4.05. The van der Waals surface area contributed by atoms with Crippen LogP contribution >= 0.6 is 23.2 Å². The van der Waals surface area contributed by atoms with Crippen LogP contribution in [0.4, 0.5) is 10.5 Å². The van der Waals surface area contributed by atoms with Crippen LogP contribution in [0.5, 0.6) is 0 Å². The minimum absolute atomic E-state index is 0.150. The fourth-order valence-electron chi connectivity index (χ4n) is 2.83. The molecule has 0 bridgehead atoms. The molecule has 0 radical (unpaired) electrons. The molecule has 23 heavy (non-hydrogen) atoms. The molecule has 1 aliphatic rings. The highest BCUT2D eigenvalue weighted by Crippen LogP contribution is 2.36. The summed E-state index contributed by atoms with van der Waals surface area (Å²) in [5, 5.41) is 16.9. The molecule has 1 aliphatic carbocycles. The Kier molecular flexibility index (Phi) is 4.48. The summed E-state index contributed by atoms with van der Waals surface area (Å²) in [7, 11) is 0. The van der Waals surface area contributed by atoms with Crippen molar-refractivity contribution in [1.82, 2.24) is 5.32 Å². The maximum absolute atomic E-state index is 12.0. The number of aryl methyl sites for hydroxylation is 1. The SMILES string of the molecule is O=C(NC[C@]1(O)CCc2ccccc21)Nc1ccc(Cl)c(Cl)c1. The Morgan fingerprint density at radius 3 is 2.74 bits per heavy atom. The van der Waals surface area contributed by atoms with Crippen LogP contribution in [0.1, 0.15) is 17.5 Å². The monoisotopic (exact) mass is 350 g/mol. The minimum Gasteiger partial charge on any atom is -0.383 e. The Morgan fingerprint density at radius 1 is 1.17 bits per heavy atom. The highest BCUT2D eigenvalue weighted by molar-refractivity contribution is 6.42. The zero-order chi connectivity index (χ0) is 16.4. The Labute approximate surface area is 144 Å². The highest BCUT2D eigenvalue weighted by atomic mass is 35.5. The molecule has 2 aromatic carbocycles. The van der Waals surface area contributed by atoms with Gasteiger partial charge < -0.3 is 15.7 Å². The Hall–Kier alpha value is -1.75. The molecule has 3 N–H and O–H groups in total. The van der Waals surface area contributed by atoms with E-state index in [2.05, 4.69) is 10.6 Å². The van der Waals surface area contributed by atoms with E-state index in [0.717, 1.165) is 17.5 Å². The first kappa shape index (κ1) is 16.1. The van der Waals surface area contributed by atoms with Crippen molar-refractivity contribution in [2.75, 3.05) is 11.9 Å². The molecule has 0 aliphatic heterocycles. The second-order valence-corrected chi connectivity index (χ2v) is 6.44. The Morgan fingerprint density at radius 2 is 1.96 bits per heavy atom. The van der Waals surface area contributed by atoms with Crippen molar-refractivity contribution >= 4 is 34.9 Å². The fourth-order valence-corrected chi connectivity index (χ4v) is 3.13. The van der Waals surface area contributed by atoms with Crippen LogP contribution in [0, 0.1) is 0 Å². The van der Waals surface area contributed by atoms with Gasteiger partial charge >= 0.3 is 6.03 Å². The van der Waals surface area contributed by atoms with Gasteiger partial charge in [0, 0.05) is 5.69 Å². The standard InChI is InChI=1S/C17H16Cl2N2O2/c18-14-6-5-12(9-15(14)19)21-16(22)20-10-17(23)8-7-11-3-1-2-4-13(11)17/h1-6,9,23H,7-8,10H2,(H2,20,21,22)/t17-/m1/s1. The first-order valence-electron chi connectivity index (χ1n) is 7.29. The van der Waals surface area contributed by atoms with Crippen molar-refractivity contribution in [1.29, 1.82) is 0 Å². The maximum Gasteiger partial charge on any atom is 0.319 e. The lowest BCUT2D eigenvalue weighted by molar-refractivity contribution is 0.0417. The summed E-state index contributed by atoms with van der Waals surface area (Å²) in [4.78, 5) is 12.0. The minimum atomic E-state index is -1.02. The summed E-state index contributed by atoms with van der Waals surface area (Å²) in [6, 6.07) is 12.2. The van der Waals surface area contributed by atoms with E-state index in [0.29, 0.717) is 22.2 Å². The molecule has 3 rings (SSSR count). The van der Waals surface area contributed by atoms with Crippen LogP contribution in [-0.2, 0) is 12.0 Å². The number of aliphatic hydroxyl groups is 1. The number of halogens is 2. The molecular formula is C17H16Cl2N2O2. The van der Waals surface area contributed by atoms with Crippen LogP contribution < -0.4 is 10.6 Å². The number of carbonyl (C=O) groups is 1. The fraction of sp³-hybridized carbons (Fsp3) is 0.235. The molecule has 0 aromatic heterocycles. The van der Waals surface area contributed by atoms with E-state index in [9.17, 15) is 9.90 Å². The predicted molar refractivity (Wildman–Crippen MR) is 92.1 cm³/mol. The van der Waals surface area contributed by atoms with E-state index in [4.69, 9.17) is 23.2 Å². The normalized spacial score (nSPS) is 19.3. The zero-order valence-corrected chi connectivity index (χ0v) is 13.8. The number of anilines is 1. The summed E-state index contributed by atoms with van der Waals surface area (Å²) in [5.41, 5.74) is 1.53. The molecule has 2 amide bonds. The molecule has 0 spiro atoms. The molecule has 120 valence electrons. The predicted octanol–water partition coefficient (Wildman–Crippen LogP) is 3.95. The summed E-state index contributed by atoms with van der Waals surface area (Å²) in [6.45, 7) is 0.150. The van der Waals surface area contributed by atoms with Gasteiger partial charge in [-0.2, -0.15) is 0 Å². The molecule has 6 heteroatoms. The molecule has 2 aromatic rings. The lowest BCUT2D eigenvalue weighted by atomic mass is 9.96. The lowest BCUT2D eigenvalue weighted by Gasteiger charge is -2.24. The molecule has 0 unspecified atom stereocenters. The van der Waals surface area contributed by atoms with Gasteiger partial charge in [-0.3, -0.25) is 0 Å². The van der Waals surface area contributed by atoms with Crippen molar-refractivity contribution < 1.29 is 9.90 Å². The number of fused-ring (bicyclic) bond motifs is 1. The van der Waals surface area contributed by atoms with Crippen LogP contribution in [-0.4, -0.2) is 17.7 Å². The second-order valence-electron chi connectivity index (χ2n) is 5.63. The van der Waals surface area contributed by atoms with E-state index in [1.54, 1.807) is 18.2 Å². The van der Waals surface area contributed by atoms with Gasteiger partial charge in [-0.05, 0) is 42.2 Å². The molecule has 0 fully saturated rings. The van der Waals surface area contributed by atoms with Gasteiger partial charge in [-0.1, -0.05) is 47.5 Å². The van der Waals surface area contributed by atoms with Crippen molar-refractivity contribution in [2.24, 2.45) is 0 Å².